The third-order valence-corrected chi connectivity index (χ3v) is 4.69. The van der Waals surface area contributed by atoms with Crippen LogP contribution >= 0.6 is 0 Å². The second-order valence-corrected chi connectivity index (χ2v) is 7.11. The maximum absolute atomic E-state index is 12.5. The van der Waals surface area contributed by atoms with Crippen molar-refractivity contribution >= 4 is 23.3 Å². The fourth-order valence-corrected chi connectivity index (χ4v) is 2.86. The SMILES string of the molecule is CC(=O)N(C)c1cccc(NC(=O)N[C@H](CCO)c2ccc(C(C)C)cc2)c1. The number of nitrogens with zero attached hydrogens (tertiary/aromatic N) is 1. The van der Waals surface area contributed by atoms with Crippen molar-refractivity contribution in [2.24, 2.45) is 0 Å². The van der Waals surface area contributed by atoms with Gasteiger partial charge in [0.05, 0.1) is 6.04 Å². The number of benzene rings is 2. The number of hydrogen-bond acceptors (Lipinski definition) is 3. The zero-order chi connectivity index (χ0) is 20.7. The van der Waals surface area contributed by atoms with Crippen molar-refractivity contribution in [1.82, 2.24) is 5.32 Å². The fourth-order valence-electron chi connectivity index (χ4n) is 2.86. The molecule has 0 unspecified atom stereocenters. The van der Waals surface area contributed by atoms with Gasteiger partial charge in [-0.25, -0.2) is 4.79 Å². The topological polar surface area (TPSA) is 81.7 Å². The number of carbonyl (C=O) groups is 2. The Kier molecular flexibility index (Phi) is 7.58. The van der Waals surface area contributed by atoms with Crippen molar-refractivity contribution in [3.63, 3.8) is 0 Å². The summed E-state index contributed by atoms with van der Waals surface area (Å²) in [6.07, 6.45) is 0.418. The molecule has 3 N–H and O–H groups in total. The van der Waals surface area contributed by atoms with Crippen LogP contribution < -0.4 is 15.5 Å². The molecule has 2 aromatic rings. The highest BCUT2D eigenvalue weighted by atomic mass is 16.3. The van der Waals surface area contributed by atoms with Gasteiger partial charge in [0.25, 0.3) is 0 Å². The van der Waals surface area contributed by atoms with Crippen molar-refractivity contribution in [2.45, 2.75) is 39.2 Å². The van der Waals surface area contributed by atoms with Crippen LogP contribution in [0.5, 0.6) is 0 Å². The standard InChI is InChI=1S/C22H29N3O3/c1-15(2)17-8-10-18(11-9-17)21(12-13-26)24-22(28)23-19-6-5-7-20(14-19)25(4)16(3)27/h5-11,14-15,21,26H,12-13H2,1-4H3,(H2,23,24,28)/t21-/m1/s1. The summed E-state index contributed by atoms with van der Waals surface area (Å²) >= 11 is 0. The Morgan fingerprint density at radius 3 is 2.29 bits per heavy atom. The van der Waals surface area contributed by atoms with E-state index in [-0.39, 0.29) is 24.6 Å². The Hall–Kier alpha value is -2.86. The van der Waals surface area contributed by atoms with E-state index in [1.54, 1.807) is 31.3 Å². The van der Waals surface area contributed by atoms with Crippen molar-refractivity contribution in [2.75, 3.05) is 23.9 Å². The summed E-state index contributed by atoms with van der Waals surface area (Å²) in [6, 6.07) is 14.5. The Morgan fingerprint density at radius 2 is 1.71 bits per heavy atom. The van der Waals surface area contributed by atoms with Crippen LogP contribution in [0.15, 0.2) is 48.5 Å². The minimum absolute atomic E-state index is 0.0320. The monoisotopic (exact) mass is 383 g/mol. The summed E-state index contributed by atoms with van der Waals surface area (Å²) in [6.45, 7) is 5.71. The molecule has 28 heavy (non-hydrogen) atoms. The highest BCUT2D eigenvalue weighted by Gasteiger charge is 2.15. The van der Waals surface area contributed by atoms with Crippen LogP contribution in [0.2, 0.25) is 0 Å². The molecule has 0 fully saturated rings. The van der Waals surface area contributed by atoms with Crippen LogP contribution in [0, 0.1) is 0 Å². The van der Waals surface area contributed by atoms with Crippen LogP contribution in [0.25, 0.3) is 0 Å². The molecule has 6 nitrogen and oxygen atoms in total. The lowest BCUT2D eigenvalue weighted by Crippen LogP contribution is -2.33. The number of hydrogen-bond donors (Lipinski definition) is 3. The lowest BCUT2D eigenvalue weighted by molar-refractivity contribution is -0.116. The largest absolute Gasteiger partial charge is 0.396 e. The van der Waals surface area contributed by atoms with Gasteiger partial charge in [0, 0.05) is 32.0 Å². The highest BCUT2D eigenvalue weighted by molar-refractivity contribution is 5.93. The van der Waals surface area contributed by atoms with Gasteiger partial charge >= 0.3 is 6.03 Å². The predicted octanol–water partition coefficient (Wildman–Crippen LogP) is 4.04. The van der Waals surface area contributed by atoms with Crippen LogP contribution in [0.1, 0.15) is 50.3 Å². The van der Waals surface area contributed by atoms with Gasteiger partial charge in [-0.2, -0.15) is 0 Å². The minimum atomic E-state index is -0.367. The smallest absolute Gasteiger partial charge is 0.319 e. The van der Waals surface area contributed by atoms with Gasteiger partial charge in [-0.15, -0.1) is 0 Å². The molecule has 6 heteroatoms. The first-order valence-corrected chi connectivity index (χ1v) is 9.44. The third-order valence-electron chi connectivity index (χ3n) is 4.69. The third kappa shape index (κ3) is 5.82. The van der Waals surface area contributed by atoms with Gasteiger partial charge < -0.3 is 20.6 Å². The molecule has 0 aliphatic heterocycles. The van der Waals surface area contributed by atoms with E-state index < -0.39 is 0 Å². The number of carbonyl (C=O) groups excluding carboxylic acids is 2. The number of aliphatic hydroxyl groups is 1. The van der Waals surface area contributed by atoms with E-state index in [4.69, 9.17) is 0 Å². The summed E-state index contributed by atoms with van der Waals surface area (Å²) in [5, 5.41) is 15.1. The first-order chi connectivity index (χ1) is 13.3. The Morgan fingerprint density at radius 1 is 1.07 bits per heavy atom. The normalized spacial score (nSPS) is 11.8. The van der Waals surface area contributed by atoms with Gasteiger partial charge in [-0.05, 0) is 41.7 Å². The summed E-state index contributed by atoms with van der Waals surface area (Å²) in [4.78, 5) is 25.5. The first kappa shape index (κ1) is 21.4. The zero-order valence-electron chi connectivity index (χ0n) is 16.9. The number of nitrogens with one attached hydrogen (secondary N) is 2. The van der Waals surface area contributed by atoms with Gasteiger partial charge in [0.15, 0.2) is 0 Å². The van der Waals surface area contributed by atoms with Gasteiger partial charge in [-0.3, -0.25) is 4.79 Å². The van der Waals surface area contributed by atoms with Crippen molar-refractivity contribution in [3.05, 3.63) is 59.7 Å². The Labute approximate surface area is 166 Å². The minimum Gasteiger partial charge on any atom is -0.396 e. The summed E-state index contributed by atoms with van der Waals surface area (Å²) in [5.41, 5.74) is 3.45. The zero-order valence-corrected chi connectivity index (χ0v) is 16.9. The van der Waals surface area contributed by atoms with Crippen molar-refractivity contribution in [3.8, 4) is 0 Å². The molecule has 1 atom stereocenters. The van der Waals surface area contributed by atoms with Gasteiger partial charge in [-0.1, -0.05) is 44.2 Å². The van der Waals surface area contributed by atoms with E-state index in [2.05, 4.69) is 24.5 Å². The number of rotatable bonds is 7. The number of anilines is 2. The Balaban J connectivity index is 2.08. The summed E-state index contributed by atoms with van der Waals surface area (Å²) in [7, 11) is 1.68. The maximum Gasteiger partial charge on any atom is 0.319 e. The van der Waals surface area contributed by atoms with Gasteiger partial charge in [0.2, 0.25) is 5.91 Å². The second-order valence-electron chi connectivity index (χ2n) is 7.11. The lowest BCUT2D eigenvalue weighted by atomic mass is 9.98. The quantitative estimate of drug-likeness (QED) is 0.675. The summed E-state index contributed by atoms with van der Waals surface area (Å²) < 4.78 is 0. The fraction of sp³-hybridized carbons (Fsp3) is 0.364. The lowest BCUT2D eigenvalue weighted by Gasteiger charge is -2.20. The number of urea groups is 1. The molecule has 0 aromatic heterocycles. The molecule has 0 aliphatic carbocycles. The van der Waals surface area contributed by atoms with E-state index in [9.17, 15) is 14.7 Å². The average Bonchev–Trinajstić information content (AvgIpc) is 2.67. The van der Waals surface area contributed by atoms with E-state index >= 15 is 0 Å². The van der Waals surface area contributed by atoms with E-state index in [0.29, 0.717) is 23.7 Å². The molecule has 0 spiro atoms. The molecule has 0 aliphatic rings. The van der Waals surface area contributed by atoms with Crippen molar-refractivity contribution in [1.29, 1.82) is 0 Å². The van der Waals surface area contributed by atoms with E-state index in [1.165, 1.54) is 17.4 Å². The van der Waals surface area contributed by atoms with Gasteiger partial charge in [0.1, 0.15) is 0 Å². The molecular formula is C22H29N3O3. The average molecular weight is 383 g/mol. The van der Waals surface area contributed by atoms with Crippen LogP contribution in [-0.4, -0.2) is 30.7 Å². The molecule has 150 valence electrons. The van der Waals surface area contributed by atoms with Crippen LogP contribution in [0.3, 0.4) is 0 Å². The second kappa shape index (κ2) is 9.90. The number of aliphatic hydroxyl groups excluding tert-OH is 1. The molecule has 3 amide bonds. The summed E-state index contributed by atoms with van der Waals surface area (Å²) in [5.74, 6) is 0.344. The molecular weight excluding hydrogens is 354 g/mol. The molecule has 2 rings (SSSR count). The molecule has 0 saturated heterocycles. The van der Waals surface area contributed by atoms with E-state index in [0.717, 1.165) is 5.56 Å². The van der Waals surface area contributed by atoms with E-state index in [1.807, 2.05) is 24.3 Å². The first-order valence-electron chi connectivity index (χ1n) is 9.44. The molecule has 0 radical (unpaired) electrons. The Bertz CT molecular complexity index is 803. The number of amides is 3. The molecule has 0 bridgehead atoms. The van der Waals surface area contributed by atoms with Crippen LogP contribution in [-0.2, 0) is 4.79 Å². The molecule has 2 aromatic carbocycles. The molecule has 0 saturated carbocycles. The van der Waals surface area contributed by atoms with Crippen molar-refractivity contribution < 1.29 is 14.7 Å². The predicted molar refractivity (Wildman–Crippen MR) is 113 cm³/mol. The van der Waals surface area contributed by atoms with Crippen LogP contribution in [0.4, 0.5) is 16.2 Å². The molecule has 0 heterocycles. The maximum atomic E-state index is 12.5. The highest BCUT2D eigenvalue weighted by Crippen LogP contribution is 2.22.